The average Bonchev–Trinajstić information content (AvgIpc) is 2.86. The number of rotatable bonds is 8. The first-order valence-corrected chi connectivity index (χ1v) is 12.1. The van der Waals surface area contributed by atoms with E-state index in [0.717, 1.165) is 16.8 Å². The van der Waals surface area contributed by atoms with Gasteiger partial charge in [-0.15, -0.1) is 0 Å². The SMILES string of the molecule is C[C@H](c1ccccc1)N(Cc1cc(NC(=O)c2ccc([N+](=O)[O-])cc2)ccc1N(C)C)C(=O)C(C)(C)C. The van der Waals surface area contributed by atoms with Gasteiger partial charge in [-0.3, -0.25) is 19.7 Å². The second kappa shape index (κ2) is 11.2. The molecule has 0 spiro atoms. The van der Waals surface area contributed by atoms with E-state index >= 15 is 0 Å². The molecule has 0 aliphatic carbocycles. The number of hydrogen-bond acceptors (Lipinski definition) is 5. The Kier molecular flexibility index (Phi) is 8.32. The van der Waals surface area contributed by atoms with E-state index in [4.69, 9.17) is 0 Å². The lowest BCUT2D eigenvalue weighted by atomic mass is 9.92. The van der Waals surface area contributed by atoms with Gasteiger partial charge in [0.05, 0.1) is 11.0 Å². The highest BCUT2D eigenvalue weighted by Gasteiger charge is 2.31. The van der Waals surface area contributed by atoms with Gasteiger partial charge in [0, 0.05) is 55.1 Å². The molecule has 0 aliphatic heterocycles. The first-order valence-electron chi connectivity index (χ1n) is 12.1. The molecular weight excluding hydrogens is 468 g/mol. The molecule has 0 bridgehead atoms. The summed E-state index contributed by atoms with van der Waals surface area (Å²) in [6.07, 6.45) is 0. The largest absolute Gasteiger partial charge is 0.377 e. The minimum absolute atomic E-state index is 0.0221. The molecule has 0 saturated heterocycles. The van der Waals surface area contributed by atoms with Crippen LogP contribution in [0.15, 0.2) is 72.8 Å². The van der Waals surface area contributed by atoms with Crippen LogP contribution in [0.5, 0.6) is 0 Å². The van der Waals surface area contributed by atoms with Gasteiger partial charge in [-0.25, -0.2) is 0 Å². The van der Waals surface area contributed by atoms with E-state index in [2.05, 4.69) is 5.32 Å². The fraction of sp³-hybridized carbons (Fsp3) is 0.310. The van der Waals surface area contributed by atoms with Gasteiger partial charge in [-0.2, -0.15) is 0 Å². The summed E-state index contributed by atoms with van der Waals surface area (Å²) in [5.74, 6) is -0.354. The molecule has 1 N–H and O–H groups in total. The van der Waals surface area contributed by atoms with Crippen molar-refractivity contribution in [2.45, 2.75) is 40.3 Å². The van der Waals surface area contributed by atoms with E-state index in [1.807, 2.05) is 94.1 Å². The van der Waals surface area contributed by atoms with Crippen molar-refractivity contribution in [2.24, 2.45) is 5.41 Å². The maximum Gasteiger partial charge on any atom is 0.269 e. The Balaban J connectivity index is 1.94. The first-order chi connectivity index (χ1) is 17.4. The van der Waals surface area contributed by atoms with Crippen molar-refractivity contribution in [1.82, 2.24) is 4.90 Å². The van der Waals surface area contributed by atoms with Gasteiger partial charge in [0.2, 0.25) is 5.91 Å². The van der Waals surface area contributed by atoms with Crippen LogP contribution < -0.4 is 10.2 Å². The van der Waals surface area contributed by atoms with Crippen LogP contribution in [-0.2, 0) is 11.3 Å². The van der Waals surface area contributed by atoms with Crippen LogP contribution >= 0.6 is 0 Å². The predicted octanol–water partition coefficient (Wildman–Crippen LogP) is 6.05. The molecule has 8 nitrogen and oxygen atoms in total. The maximum absolute atomic E-state index is 13.6. The lowest BCUT2D eigenvalue weighted by Crippen LogP contribution is -2.40. The van der Waals surface area contributed by atoms with Crippen LogP contribution in [0.1, 0.15) is 55.2 Å². The molecule has 8 heteroatoms. The van der Waals surface area contributed by atoms with E-state index in [1.54, 1.807) is 6.07 Å². The molecule has 0 radical (unpaired) electrons. The highest BCUT2D eigenvalue weighted by molar-refractivity contribution is 6.04. The Bertz CT molecular complexity index is 1270. The van der Waals surface area contributed by atoms with Crippen molar-refractivity contribution in [1.29, 1.82) is 0 Å². The molecular formula is C29H34N4O4. The topological polar surface area (TPSA) is 95.8 Å². The summed E-state index contributed by atoms with van der Waals surface area (Å²) in [7, 11) is 3.87. The molecule has 0 saturated carbocycles. The lowest BCUT2D eigenvalue weighted by Gasteiger charge is -2.35. The van der Waals surface area contributed by atoms with Crippen LogP contribution in [0.4, 0.5) is 17.1 Å². The number of hydrogen-bond donors (Lipinski definition) is 1. The second-order valence-corrected chi connectivity index (χ2v) is 10.3. The summed E-state index contributed by atoms with van der Waals surface area (Å²) in [4.78, 5) is 40.7. The predicted molar refractivity (Wildman–Crippen MR) is 147 cm³/mol. The Hall–Kier alpha value is -4.20. The number of nitrogens with one attached hydrogen (secondary N) is 1. The van der Waals surface area contributed by atoms with Crippen molar-refractivity contribution < 1.29 is 14.5 Å². The zero-order valence-corrected chi connectivity index (χ0v) is 22.2. The number of nitro groups is 1. The molecule has 3 rings (SSSR count). The van der Waals surface area contributed by atoms with Gasteiger partial charge in [0.15, 0.2) is 0 Å². The normalized spacial score (nSPS) is 11.9. The Morgan fingerprint density at radius 3 is 2.14 bits per heavy atom. The zero-order chi connectivity index (χ0) is 27.3. The highest BCUT2D eigenvalue weighted by Crippen LogP contribution is 2.32. The summed E-state index contributed by atoms with van der Waals surface area (Å²) in [5, 5.41) is 13.8. The fourth-order valence-corrected chi connectivity index (χ4v) is 4.07. The molecule has 1 atom stereocenters. The van der Waals surface area contributed by atoms with E-state index < -0.39 is 10.3 Å². The molecule has 37 heavy (non-hydrogen) atoms. The monoisotopic (exact) mass is 502 g/mol. The number of nitrogens with zero attached hydrogens (tertiary/aromatic N) is 3. The molecule has 0 heterocycles. The Morgan fingerprint density at radius 1 is 0.973 bits per heavy atom. The fourth-order valence-electron chi connectivity index (χ4n) is 4.07. The van der Waals surface area contributed by atoms with Gasteiger partial charge in [-0.1, -0.05) is 51.1 Å². The summed E-state index contributed by atoms with van der Waals surface area (Å²) < 4.78 is 0. The minimum atomic E-state index is -0.580. The third-order valence-electron chi connectivity index (χ3n) is 6.15. The minimum Gasteiger partial charge on any atom is -0.377 e. The third kappa shape index (κ3) is 6.73. The van der Waals surface area contributed by atoms with E-state index in [1.165, 1.54) is 24.3 Å². The summed E-state index contributed by atoms with van der Waals surface area (Å²) >= 11 is 0. The van der Waals surface area contributed by atoms with Gasteiger partial charge in [0.25, 0.3) is 11.6 Å². The Labute approximate surface area is 218 Å². The number of non-ortho nitro benzene ring substituents is 1. The summed E-state index contributed by atoms with van der Waals surface area (Å²) in [6.45, 7) is 8.10. The van der Waals surface area contributed by atoms with Crippen molar-refractivity contribution in [3.05, 3.63) is 99.6 Å². The number of nitro benzene ring substituents is 1. The van der Waals surface area contributed by atoms with Gasteiger partial charge in [-0.05, 0) is 48.4 Å². The van der Waals surface area contributed by atoms with Crippen molar-refractivity contribution in [2.75, 3.05) is 24.3 Å². The molecule has 0 fully saturated rings. The van der Waals surface area contributed by atoms with Crippen LogP contribution in [0, 0.1) is 15.5 Å². The van der Waals surface area contributed by atoms with Crippen LogP contribution in [0.3, 0.4) is 0 Å². The molecule has 3 aromatic carbocycles. The molecule has 2 amide bonds. The van der Waals surface area contributed by atoms with E-state index in [9.17, 15) is 19.7 Å². The first kappa shape index (κ1) is 27.4. The molecule has 0 unspecified atom stereocenters. The summed E-state index contributed by atoms with van der Waals surface area (Å²) in [5.41, 5.74) is 3.07. The number of benzene rings is 3. The Morgan fingerprint density at radius 2 is 1.59 bits per heavy atom. The molecule has 3 aromatic rings. The third-order valence-corrected chi connectivity index (χ3v) is 6.15. The highest BCUT2D eigenvalue weighted by atomic mass is 16.6. The number of carbonyl (C=O) groups is 2. The van der Waals surface area contributed by atoms with E-state index in [-0.39, 0.29) is 23.5 Å². The van der Waals surface area contributed by atoms with Crippen LogP contribution in [0.2, 0.25) is 0 Å². The summed E-state index contributed by atoms with van der Waals surface area (Å²) in [6, 6.07) is 20.8. The lowest BCUT2D eigenvalue weighted by molar-refractivity contribution is -0.384. The van der Waals surface area contributed by atoms with Gasteiger partial charge >= 0.3 is 0 Å². The van der Waals surface area contributed by atoms with E-state index in [0.29, 0.717) is 17.8 Å². The molecule has 194 valence electrons. The van der Waals surface area contributed by atoms with Gasteiger partial charge < -0.3 is 15.1 Å². The van der Waals surface area contributed by atoms with Crippen molar-refractivity contribution in [3.8, 4) is 0 Å². The number of amides is 2. The maximum atomic E-state index is 13.6. The van der Waals surface area contributed by atoms with Crippen molar-refractivity contribution >= 4 is 28.9 Å². The smallest absolute Gasteiger partial charge is 0.269 e. The number of anilines is 2. The number of carbonyl (C=O) groups excluding carboxylic acids is 2. The quantitative estimate of drug-likeness (QED) is 0.299. The van der Waals surface area contributed by atoms with Gasteiger partial charge in [0.1, 0.15) is 0 Å². The zero-order valence-electron chi connectivity index (χ0n) is 22.2. The van der Waals surface area contributed by atoms with Crippen LogP contribution in [0.25, 0.3) is 0 Å². The second-order valence-electron chi connectivity index (χ2n) is 10.3. The average molecular weight is 503 g/mol. The standard InChI is InChI=1S/C29H34N4O4/c1-20(21-10-8-7-9-11-21)32(28(35)29(2,3)4)19-23-18-24(14-17-26(23)31(5)6)30-27(34)22-12-15-25(16-13-22)33(36)37/h7-18,20H,19H2,1-6H3,(H,30,34)/t20-/m1/s1. The molecule has 0 aliphatic rings. The van der Waals surface area contributed by atoms with Crippen LogP contribution in [-0.4, -0.2) is 35.7 Å². The van der Waals surface area contributed by atoms with Crippen molar-refractivity contribution in [3.63, 3.8) is 0 Å². The molecule has 0 aromatic heterocycles.